The van der Waals surface area contributed by atoms with E-state index in [1.54, 1.807) is 14.2 Å². The average Bonchev–Trinajstić information content (AvgIpc) is 2.63. The Morgan fingerprint density at radius 3 is 2.62 bits per heavy atom. The van der Waals surface area contributed by atoms with Gasteiger partial charge in [0.2, 0.25) is 0 Å². The van der Waals surface area contributed by atoms with Crippen LogP contribution in [0.3, 0.4) is 0 Å². The zero-order valence-electron chi connectivity index (χ0n) is 16.4. The van der Waals surface area contributed by atoms with Crippen LogP contribution in [0.5, 0.6) is 11.5 Å². The minimum absolute atomic E-state index is 0. The maximum atomic E-state index is 5.55. The number of piperidine rings is 1. The number of guanidine groups is 1. The molecule has 0 bridgehead atoms. The van der Waals surface area contributed by atoms with Crippen molar-refractivity contribution in [3.05, 3.63) is 18.2 Å². The molecule has 0 saturated carbocycles. The average molecular weight is 476 g/mol. The Morgan fingerprint density at radius 1 is 1.27 bits per heavy atom. The summed E-state index contributed by atoms with van der Waals surface area (Å²) in [5.74, 6) is 3.06. The van der Waals surface area contributed by atoms with Crippen molar-refractivity contribution in [1.29, 1.82) is 0 Å². The number of methoxy groups -OCH3 is 1. The van der Waals surface area contributed by atoms with Crippen LogP contribution < -0.4 is 20.1 Å². The first kappa shape index (κ1) is 22.8. The molecule has 0 amide bonds. The van der Waals surface area contributed by atoms with Gasteiger partial charge in [-0.15, -0.1) is 24.0 Å². The molecule has 1 aromatic rings. The summed E-state index contributed by atoms with van der Waals surface area (Å²) >= 11 is 0. The summed E-state index contributed by atoms with van der Waals surface area (Å²) in [7, 11) is 5.64. The van der Waals surface area contributed by atoms with Gasteiger partial charge in [0.15, 0.2) is 17.5 Å². The van der Waals surface area contributed by atoms with Crippen molar-refractivity contribution in [3.8, 4) is 11.5 Å². The highest BCUT2D eigenvalue weighted by atomic mass is 127. The molecule has 1 aromatic carbocycles. The Kier molecular flexibility index (Phi) is 10.7. The van der Waals surface area contributed by atoms with Gasteiger partial charge in [0.1, 0.15) is 0 Å². The summed E-state index contributed by atoms with van der Waals surface area (Å²) < 4.78 is 10.9. The molecule has 2 rings (SSSR count). The van der Waals surface area contributed by atoms with Gasteiger partial charge in [-0.1, -0.05) is 0 Å². The molecule has 1 heterocycles. The second-order valence-electron chi connectivity index (χ2n) is 6.46. The fraction of sp³-hybridized carbons (Fsp3) is 0.632. The lowest BCUT2D eigenvalue weighted by Crippen LogP contribution is -2.35. The SMILES string of the molecule is CCOc1ccc(NC(=NC)NCCC2CCN(C)CC2)cc1OC.I. The molecule has 1 fully saturated rings. The van der Waals surface area contributed by atoms with Gasteiger partial charge in [-0.3, -0.25) is 4.99 Å². The Hall–Kier alpha value is -1.22. The zero-order chi connectivity index (χ0) is 18.1. The highest BCUT2D eigenvalue weighted by molar-refractivity contribution is 14.0. The largest absolute Gasteiger partial charge is 0.493 e. The molecular weight excluding hydrogens is 443 g/mol. The Bertz CT molecular complexity index is 560. The highest BCUT2D eigenvalue weighted by Crippen LogP contribution is 2.30. The van der Waals surface area contributed by atoms with Crippen molar-refractivity contribution >= 4 is 35.6 Å². The standard InChI is InChI=1S/C19H32N4O2.HI/c1-5-25-17-7-6-16(14-18(17)24-4)22-19(20-2)21-11-8-15-9-12-23(3)13-10-15;/h6-7,14-15H,5,8-13H2,1-4H3,(H2,20,21,22);1H. The second kappa shape index (κ2) is 12.2. The van der Waals surface area contributed by atoms with Gasteiger partial charge in [-0.2, -0.15) is 0 Å². The maximum Gasteiger partial charge on any atom is 0.195 e. The van der Waals surface area contributed by atoms with E-state index in [0.29, 0.717) is 12.4 Å². The molecule has 0 atom stereocenters. The fourth-order valence-corrected chi connectivity index (χ4v) is 3.08. The van der Waals surface area contributed by atoms with E-state index in [1.807, 2.05) is 25.1 Å². The van der Waals surface area contributed by atoms with Crippen molar-refractivity contribution in [2.45, 2.75) is 26.2 Å². The van der Waals surface area contributed by atoms with Gasteiger partial charge in [-0.25, -0.2) is 0 Å². The number of aliphatic imine (C=N–C) groups is 1. The van der Waals surface area contributed by atoms with E-state index in [9.17, 15) is 0 Å². The molecule has 0 aliphatic carbocycles. The van der Waals surface area contributed by atoms with Gasteiger partial charge in [0.05, 0.1) is 13.7 Å². The summed E-state index contributed by atoms with van der Waals surface area (Å²) in [5.41, 5.74) is 0.924. The number of likely N-dealkylation sites (tertiary alicyclic amines) is 1. The van der Waals surface area contributed by atoms with Crippen LogP contribution in [-0.2, 0) is 0 Å². The predicted octanol–water partition coefficient (Wildman–Crippen LogP) is 3.43. The lowest BCUT2D eigenvalue weighted by Gasteiger charge is -2.29. The zero-order valence-corrected chi connectivity index (χ0v) is 18.7. The van der Waals surface area contributed by atoms with Gasteiger partial charge < -0.3 is 25.0 Å². The topological polar surface area (TPSA) is 58.1 Å². The minimum Gasteiger partial charge on any atom is -0.493 e. The molecular formula is C19H33IN4O2. The highest BCUT2D eigenvalue weighted by Gasteiger charge is 2.16. The minimum atomic E-state index is 0. The first-order valence-electron chi connectivity index (χ1n) is 9.13. The van der Waals surface area contributed by atoms with E-state index >= 15 is 0 Å². The van der Waals surface area contributed by atoms with Gasteiger partial charge in [0.25, 0.3) is 0 Å². The normalized spacial score (nSPS) is 15.9. The summed E-state index contributed by atoms with van der Waals surface area (Å²) in [6.45, 7) is 5.93. The maximum absolute atomic E-state index is 5.55. The molecule has 2 N–H and O–H groups in total. The first-order chi connectivity index (χ1) is 12.2. The lowest BCUT2D eigenvalue weighted by molar-refractivity contribution is 0.213. The quantitative estimate of drug-likeness (QED) is 0.359. The Labute approximate surface area is 174 Å². The van der Waals surface area contributed by atoms with Crippen molar-refractivity contribution in [2.75, 3.05) is 52.8 Å². The number of nitrogens with zero attached hydrogens (tertiary/aromatic N) is 2. The van der Waals surface area contributed by atoms with Gasteiger partial charge >= 0.3 is 0 Å². The summed E-state index contributed by atoms with van der Waals surface area (Å²) in [5, 5.41) is 6.72. The molecule has 0 aromatic heterocycles. The first-order valence-corrected chi connectivity index (χ1v) is 9.13. The molecule has 1 saturated heterocycles. The van der Waals surface area contributed by atoms with Crippen molar-refractivity contribution in [3.63, 3.8) is 0 Å². The smallest absolute Gasteiger partial charge is 0.195 e. The van der Waals surface area contributed by atoms with Crippen LogP contribution in [-0.4, -0.2) is 58.3 Å². The molecule has 0 unspecified atom stereocenters. The molecule has 1 aliphatic rings. The number of hydrogen-bond donors (Lipinski definition) is 2. The molecule has 0 radical (unpaired) electrons. The van der Waals surface area contributed by atoms with Crippen LogP contribution in [0.2, 0.25) is 0 Å². The van der Waals surface area contributed by atoms with Crippen molar-refractivity contribution in [1.82, 2.24) is 10.2 Å². The second-order valence-corrected chi connectivity index (χ2v) is 6.46. The number of ether oxygens (including phenoxy) is 2. The molecule has 1 aliphatic heterocycles. The van der Waals surface area contributed by atoms with E-state index in [-0.39, 0.29) is 24.0 Å². The van der Waals surface area contributed by atoms with Crippen LogP contribution in [0.25, 0.3) is 0 Å². The summed E-state index contributed by atoms with van der Waals surface area (Å²) in [6.07, 6.45) is 3.77. The molecule has 7 heteroatoms. The molecule has 148 valence electrons. The number of anilines is 1. The monoisotopic (exact) mass is 476 g/mol. The molecule has 6 nitrogen and oxygen atoms in total. The number of nitrogens with one attached hydrogen (secondary N) is 2. The number of halogens is 1. The van der Waals surface area contributed by atoms with E-state index in [2.05, 4.69) is 27.6 Å². The van der Waals surface area contributed by atoms with Crippen molar-refractivity contribution < 1.29 is 9.47 Å². The van der Waals surface area contributed by atoms with E-state index in [4.69, 9.17) is 9.47 Å². The van der Waals surface area contributed by atoms with Crippen LogP contribution in [0, 0.1) is 5.92 Å². The van der Waals surface area contributed by atoms with Crippen molar-refractivity contribution in [2.24, 2.45) is 10.9 Å². The van der Waals surface area contributed by atoms with Crippen LogP contribution in [0.1, 0.15) is 26.2 Å². The fourth-order valence-electron chi connectivity index (χ4n) is 3.08. The summed E-state index contributed by atoms with van der Waals surface area (Å²) in [4.78, 5) is 6.71. The van der Waals surface area contributed by atoms with E-state index in [1.165, 1.54) is 32.4 Å². The third-order valence-corrected chi connectivity index (χ3v) is 4.63. The van der Waals surface area contributed by atoms with E-state index < -0.39 is 0 Å². The summed E-state index contributed by atoms with van der Waals surface area (Å²) in [6, 6.07) is 5.81. The predicted molar refractivity (Wildman–Crippen MR) is 119 cm³/mol. The number of hydrogen-bond acceptors (Lipinski definition) is 4. The molecule has 0 spiro atoms. The van der Waals surface area contributed by atoms with E-state index in [0.717, 1.165) is 29.9 Å². The van der Waals surface area contributed by atoms with Crippen LogP contribution in [0.4, 0.5) is 5.69 Å². The van der Waals surface area contributed by atoms with Crippen LogP contribution in [0.15, 0.2) is 23.2 Å². The number of benzene rings is 1. The Balaban J connectivity index is 0.00000338. The van der Waals surface area contributed by atoms with Gasteiger partial charge in [-0.05, 0) is 64.4 Å². The lowest BCUT2D eigenvalue weighted by atomic mass is 9.94. The number of rotatable bonds is 7. The molecule has 26 heavy (non-hydrogen) atoms. The van der Waals surface area contributed by atoms with Gasteiger partial charge in [0, 0.05) is 25.3 Å². The Morgan fingerprint density at radius 2 is 2.00 bits per heavy atom. The van der Waals surface area contributed by atoms with Crippen LogP contribution >= 0.6 is 24.0 Å². The third kappa shape index (κ3) is 7.19. The third-order valence-electron chi connectivity index (χ3n) is 4.63.